The molecule has 3 heterocycles. The number of pyridine rings is 1. The van der Waals surface area contributed by atoms with Gasteiger partial charge in [0.15, 0.2) is 0 Å². The molecule has 0 radical (unpaired) electrons. The maximum absolute atomic E-state index is 13.3. The van der Waals surface area contributed by atoms with Gasteiger partial charge in [0.2, 0.25) is 5.91 Å². The van der Waals surface area contributed by atoms with Crippen molar-refractivity contribution >= 4 is 11.7 Å². The summed E-state index contributed by atoms with van der Waals surface area (Å²) < 4.78 is 39.9. The van der Waals surface area contributed by atoms with Crippen molar-refractivity contribution in [2.45, 2.75) is 51.6 Å². The van der Waals surface area contributed by atoms with E-state index in [9.17, 15) is 18.0 Å². The molecule has 2 saturated heterocycles. The van der Waals surface area contributed by atoms with Crippen LogP contribution in [0.15, 0.2) is 18.3 Å². The van der Waals surface area contributed by atoms with Gasteiger partial charge in [-0.3, -0.25) is 4.79 Å². The van der Waals surface area contributed by atoms with Gasteiger partial charge in [-0.2, -0.15) is 13.2 Å². The van der Waals surface area contributed by atoms with Crippen LogP contribution >= 0.6 is 0 Å². The van der Waals surface area contributed by atoms with Gasteiger partial charge in [0.05, 0.1) is 11.5 Å². The predicted molar refractivity (Wildman–Crippen MR) is 111 cm³/mol. The predicted octanol–water partition coefficient (Wildman–Crippen LogP) is 3.95. The molecule has 2 unspecified atom stereocenters. The first kappa shape index (κ1) is 22.8. The first-order valence-electron chi connectivity index (χ1n) is 11.1. The van der Waals surface area contributed by atoms with E-state index in [1.54, 1.807) is 4.90 Å². The number of hydrogen-bond donors (Lipinski definition) is 1. The molecule has 1 N–H and O–H groups in total. The van der Waals surface area contributed by atoms with Crippen LogP contribution in [0.1, 0.15) is 51.0 Å². The number of nitrogens with zero attached hydrogens (tertiary/aromatic N) is 3. The van der Waals surface area contributed by atoms with Crippen LogP contribution in [0, 0.1) is 11.8 Å². The van der Waals surface area contributed by atoms with Crippen LogP contribution < -0.4 is 10.2 Å². The van der Waals surface area contributed by atoms with Gasteiger partial charge in [-0.15, -0.1) is 0 Å². The fraction of sp³-hybridized carbons (Fsp3) is 0.727. The molecule has 5 nitrogen and oxygen atoms in total. The molecule has 168 valence electrons. The number of carbonyl (C=O) groups is 1. The number of rotatable bonds is 7. The van der Waals surface area contributed by atoms with Gasteiger partial charge in [-0.05, 0) is 69.7 Å². The van der Waals surface area contributed by atoms with E-state index in [-0.39, 0.29) is 24.2 Å². The highest BCUT2D eigenvalue weighted by Crippen LogP contribution is 2.36. The molecule has 2 atom stereocenters. The number of amides is 1. The van der Waals surface area contributed by atoms with Gasteiger partial charge in [-0.1, -0.05) is 6.92 Å². The van der Waals surface area contributed by atoms with Crippen molar-refractivity contribution in [2.75, 3.05) is 44.2 Å². The van der Waals surface area contributed by atoms with Crippen LogP contribution in [0.5, 0.6) is 0 Å². The smallest absolute Gasteiger partial charge is 0.356 e. The van der Waals surface area contributed by atoms with Gasteiger partial charge >= 0.3 is 6.18 Å². The van der Waals surface area contributed by atoms with Crippen LogP contribution in [0.2, 0.25) is 0 Å². The zero-order valence-electron chi connectivity index (χ0n) is 17.8. The third-order valence-electron chi connectivity index (χ3n) is 6.13. The zero-order valence-corrected chi connectivity index (χ0v) is 17.8. The number of aromatic nitrogens is 1. The van der Waals surface area contributed by atoms with E-state index in [0.717, 1.165) is 37.9 Å². The number of nitrogens with one attached hydrogen (secondary N) is 1. The van der Waals surface area contributed by atoms with E-state index in [1.165, 1.54) is 31.6 Å². The van der Waals surface area contributed by atoms with Crippen molar-refractivity contribution in [3.63, 3.8) is 0 Å². The molecule has 0 spiro atoms. The van der Waals surface area contributed by atoms with Crippen molar-refractivity contribution < 1.29 is 18.0 Å². The Morgan fingerprint density at radius 1 is 1.20 bits per heavy atom. The SMILES string of the molecule is CC1CCCN(CCCCNC(=O)C2CCCN(c3ncccc3C(F)(F)F)C2)C1. The van der Waals surface area contributed by atoms with Crippen LogP contribution in [0.3, 0.4) is 0 Å². The second-order valence-corrected chi connectivity index (χ2v) is 8.70. The molecule has 2 aliphatic heterocycles. The molecular formula is C22H33F3N4O. The molecule has 2 fully saturated rings. The number of piperidine rings is 2. The standard InChI is InChI=1S/C22H33F3N4O/c1-17-7-5-13-28(15-17)12-3-2-10-27-21(30)18-8-6-14-29(16-18)20-19(22(23,24)25)9-4-11-26-20/h4,9,11,17-18H,2-3,5-8,10,12-16H2,1H3,(H,27,30). The molecule has 0 bridgehead atoms. The summed E-state index contributed by atoms with van der Waals surface area (Å²) >= 11 is 0. The topological polar surface area (TPSA) is 48.5 Å². The number of alkyl halides is 3. The first-order chi connectivity index (χ1) is 14.3. The third-order valence-corrected chi connectivity index (χ3v) is 6.13. The molecule has 8 heteroatoms. The van der Waals surface area contributed by atoms with Crippen molar-refractivity contribution in [1.29, 1.82) is 0 Å². The average Bonchev–Trinajstić information content (AvgIpc) is 2.73. The van der Waals surface area contributed by atoms with E-state index in [4.69, 9.17) is 0 Å². The van der Waals surface area contributed by atoms with Gasteiger partial charge in [0, 0.05) is 32.4 Å². The quantitative estimate of drug-likeness (QED) is 0.671. The lowest BCUT2D eigenvalue weighted by molar-refractivity contribution is -0.137. The molecule has 0 saturated carbocycles. The highest BCUT2D eigenvalue weighted by atomic mass is 19.4. The Morgan fingerprint density at radius 3 is 2.77 bits per heavy atom. The summed E-state index contributed by atoms with van der Waals surface area (Å²) in [6.45, 7) is 7.07. The highest BCUT2D eigenvalue weighted by Gasteiger charge is 2.37. The van der Waals surface area contributed by atoms with Gasteiger partial charge in [0.1, 0.15) is 5.82 Å². The first-order valence-corrected chi connectivity index (χ1v) is 11.1. The molecule has 1 aromatic heterocycles. The fourth-order valence-corrected chi connectivity index (χ4v) is 4.56. The minimum atomic E-state index is -4.45. The average molecular weight is 427 g/mol. The van der Waals surface area contributed by atoms with E-state index in [1.807, 2.05) is 0 Å². The number of hydrogen-bond acceptors (Lipinski definition) is 4. The second-order valence-electron chi connectivity index (χ2n) is 8.70. The number of halogens is 3. The third kappa shape index (κ3) is 6.33. The van der Waals surface area contributed by atoms with E-state index in [0.29, 0.717) is 25.9 Å². The Labute approximate surface area is 177 Å². The summed E-state index contributed by atoms with van der Waals surface area (Å²) in [4.78, 5) is 20.6. The van der Waals surface area contributed by atoms with Crippen LogP contribution in [-0.2, 0) is 11.0 Å². The minimum Gasteiger partial charge on any atom is -0.356 e. The van der Waals surface area contributed by atoms with Crippen LogP contribution in [-0.4, -0.2) is 55.1 Å². The number of likely N-dealkylation sites (tertiary alicyclic amines) is 1. The summed E-state index contributed by atoms with van der Waals surface area (Å²) in [7, 11) is 0. The Kier molecular flexibility index (Phi) is 7.97. The lowest BCUT2D eigenvalue weighted by atomic mass is 9.96. The zero-order chi connectivity index (χ0) is 21.6. The molecule has 0 aromatic carbocycles. The Balaban J connectivity index is 1.44. The second kappa shape index (κ2) is 10.5. The summed E-state index contributed by atoms with van der Waals surface area (Å²) in [6.07, 6.45) is 2.85. The number of anilines is 1. The van der Waals surface area contributed by atoms with Gasteiger partial charge < -0.3 is 15.1 Å². The maximum Gasteiger partial charge on any atom is 0.419 e. The number of carbonyl (C=O) groups excluding carboxylic acids is 1. The Bertz CT molecular complexity index is 697. The lowest BCUT2D eigenvalue weighted by Gasteiger charge is -2.34. The Morgan fingerprint density at radius 2 is 2.00 bits per heavy atom. The maximum atomic E-state index is 13.3. The van der Waals surface area contributed by atoms with Crippen molar-refractivity contribution in [2.24, 2.45) is 11.8 Å². The lowest BCUT2D eigenvalue weighted by Crippen LogP contribution is -2.44. The van der Waals surface area contributed by atoms with E-state index >= 15 is 0 Å². The van der Waals surface area contributed by atoms with Crippen molar-refractivity contribution in [3.05, 3.63) is 23.9 Å². The van der Waals surface area contributed by atoms with Crippen LogP contribution in [0.25, 0.3) is 0 Å². The fourth-order valence-electron chi connectivity index (χ4n) is 4.56. The van der Waals surface area contributed by atoms with Gasteiger partial charge in [0.25, 0.3) is 0 Å². The normalized spacial score (nSPS) is 23.4. The number of unbranched alkanes of at least 4 members (excludes halogenated alkanes) is 1. The largest absolute Gasteiger partial charge is 0.419 e. The van der Waals surface area contributed by atoms with E-state index in [2.05, 4.69) is 22.1 Å². The van der Waals surface area contributed by atoms with Crippen molar-refractivity contribution in [3.8, 4) is 0 Å². The summed E-state index contributed by atoms with van der Waals surface area (Å²) in [5.74, 6) is 0.337. The molecule has 2 aliphatic rings. The molecule has 1 amide bonds. The Hall–Kier alpha value is -1.83. The summed E-state index contributed by atoms with van der Waals surface area (Å²) in [5, 5.41) is 2.99. The molecule has 3 rings (SSSR count). The molecular weight excluding hydrogens is 393 g/mol. The monoisotopic (exact) mass is 426 g/mol. The molecule has 30 heavy (non-hydrogen) atoms. The minimum absolute atomic E-state index is 0.0595. The highest BCUT2D eigenvalue weighted by molar-refractivity contribution is 5.79. The van der Waals surface area contributed by atoms with Gasteiger partial charge in [-0.25, -0.2) is 4.98 Å². The van der Waals surface area contributed by atoms with Crippen LogP contribution in [0.4, 0.5) is 19.0 Å². The van der Waals surface area contributed by atoms with Crippen molar-refractivity contribution in [1.82, 2.24) is 15.2 Å². The molecule has 1 aromatic rings. The summed E-state index contributed by atoms with van der Waals surface area (Å²) in [5.41, 5.74) is -0.738. The molecule has 0 aliphatic carbocycles. The summed E-state index contributed by atoms with van der Waals surface area (Å²) in [6, 6.07) is 2.35. The van der Waals surface area contributed by atoms with E-state index < -0.39 is 11.7 Å².